The van der Waals surface area contributed by atoms with E-state index in [0.717, 1.165) is 17.7 Å². The Hall–Kier alpha value is -2.17. The Morgan fingerprint density at radius 3 is 2.67 bits per heavy atom. The van der Waals surface area contributed by atoms with Crippen LogP contribution < -0.4 is 10.5 Å². The van der Waals surface area contributed by atoms with Gasteiger partial charge in [-0.25, -0.2) is 15.0 Å². The first kappa shape index (κ1) is 12.3. The Labute approximate surface area is 106 Å². The number of methoxy groups -OCH3 is 1. The lowest BCUT2D eigenvalue weighted by Crippen LogP contribution is -2.05. The molecule has 18 heavy (non-hydrogen) atoms. The molecule has 0 radical (unpaired) electrons. The maximum absolute atomic E-state index is 5.89. The van der Waals surface area contributed by atoms with Crippen LogP contribution in [0.1, 0.15) is 18.2 Å². The maximum Gasteiger partial charge on any atom is 0.213 e. The van der Waals surface area contributed by atoms with Gasteiger partial charge in [0.1, 0.15) is 11.5 Å². The Kier molecular flexibility index (Phi) is 3.41. The average molecular weight is 244 g/mol. The van der Waals surface area contributed by atoms with Gasteiger partial charge in [0.2, 0.25) is 5.88 Å². The van der Waals surface area contributed by atoms with E-state index in [1.165, 1.54) is 0 Å². The number of aromatic nitrogens is 3. The number of nitrogens with two attached hydrogens (primary N) is 1. The zero-order valence-electron chi connectivity index (χ0n) is 10.8. The topological polar surface area (TPSA) is 73.9 Å². The summed E-state index contributed by atoms with van der Waals surface area (Å²) < 4.78 is 5.09. The summed E-state index contributed by atoms with van der Waals surface area (Å²) in [5.74, 6) is 1.57. The maximum atomic E-state index is 5.89. The third kappa shape index (κ3) is 2.25. The molecular formula is C13H16N4O. The number of ether oxygens (including phenoxy) is 1. The van der Waals surface area contributed by atoms with Gasteiger partial charge >= 0.3 is 0 Å². The number of anilines is 1. The average Bonchev–Trinajstić information content (AvgIpc) is 2.41. The summed E-state index contributed by atoms with van der Waals surface area (Å²) in [6, 6.07) is 5.47. The van der Waals surface area contributed by atoms with E-state index in [-0.39, 0.29) is 0 Å². The summed E-state index contributed by atoms with van der Waals surface area (Å²) in [5.41, 5.74) is 8.44. The van der Waals surface area contributed by atoms with Crippen LogP contribution >= 0.6 is 0 Å². The van der Waals surface area contributed by atoms with Crippen molar-refractivity contribution in [2.45, 2.75) is 20.3 Å². The number of nitrogens with zero attached hydrogens (tertiary/aromatic N) is 3. The second-order valence-corrected chi connectivity index (χ2v) is 3.92. The standard InChI is InChI=1S/C13H16N4O/c1-4-9-8(2)12(14)17-13(16-9)10-6-5-7-11(15-10)18-3/h5-7H,4H2,1-3H3,(H2,14,16,17). The number of aryl methyl sites for hydroxylation is 1. The Morgan fingerprint density at radius 1 is 1.22 bits per heavy atom. The fourth-order valence-electron chi connectivity index (χ4n) is 1.69. The number of hydrogen-bond donors (Lipinski definition) is 1. The van der Waals surface area contributed by atoms with Crippen molar-refractivity contribution in [1.29, 1.82) is 0 Å². The highest BCUT2D eigenvalue weighted by molar-refractivity contribution is 5.55. The summed E-state index contributed by atoms with van der Waals surface area (Å²) in [6.07, 6.45) is 0.815. The molecule has 0 aliphatic carbocycles. The fraction of sp³-hybridized carbons (Fsp3) is 0.308. The normalized spacial score (nSPS) is 10.4. The fourth-order valence-corrected chi connectivity index (χ4v) is 1.69. The lowest BCUT2D eigenvalue weighted by Gasteiger charge is -2.08. The van der Waals surface area contributed by atoms with Gasteiger partial charge in [-0.15, -0.1) is 0 Å². The first-order valence-electron chi connectivity index (χ1n) is 5.80. The van der Waals surface area contributed by atoms with Gasteiger partial charge in [-0.2, -0.15) is 0 Å². The highest BCUT2D eigenvalue weighted by Crippen LogP contribution is 2.20. The predicted octanol–water partition coefficient (Wildman–Crippen LogP) is 2.00. The first-order valence-corrected chi connectivity index (χ1v) is 5.80. The first-order chi connectivity index (χ1) is 8.65. The van der Waals surface area contributed by atoms with Gasteiger partial charge in [0.15, 0.2) is 5.82 Å². The molecular weight excluding hydrogens is 228 g/mol. The molecule has 5 nitrogen and oxygen atoms in total. The molecule has 94 valence electrons. The highest BCUT2D eigenvalue weighted by atomic mass is 16.5. The quantitative estimate of drug-likeness (QED) is 0.893. The van der Waals surface area contributed by atoms with Crippen molar-refractivity contribution in [1.82, 2.24) is 15.0 Å². The molecule has 0 aromatic carbocycles. The molecule has 0 unspecified atom stereocenters. The van der Waals surface area contributed by atoms with Crippen molar-refractivity contribution in [2.24, 2.45) is 0 Å². The molecule has 2 rings (SSSR count). The SMILES string of the molecule is CCc1nc(-c2cccc(OC)n2)nc(N)c1C. The molecule has 2 aromatic heterocycles. The van der Waals surface area contributed by atoms with Crippen molar-refractivity contribution in [2.75, 3.05) is 12.8 Å². The molecule has 0 bridgehead atoms. The largest absolute Gasteiger partial charge is 0.481 e. The van der Waals surface area contributed by atoms with E-state index in [2.05, 4.69) is 15.0 Å². The lowest BCUT2D eigenvalue weighted by molar-refractivity contribution is 0.398. The number of nitrogen functional groups attached to an aromatic ring is 1. The summed E-state index contributed by atoms with van der Waals surface area (Å²) in [6.45, 7) is 3.97. The minimum atomic E-state index is 0.501. The van der Waals surface area contributed by atoms with Crippen LogP contribution in [0.4, 0.5) is 5.82 Å². The van der Waals surface area contributed by atoms with Gasteiger partial charge in [-0.3, -0.25) is 0 Å². The molecule has 2 heterocycles. The number of pyridine rings is 1. The summed E-state index contributed by atoms with van der Waals surface area (Å²) in [7, 11) is 1.58. The van der Waals surface area contributed by atoms with Gasteiger partial charge in [0.25, 0.3) is 0 Å². The third-order valence-electron chi connectivity index (χ3n) is 2.78. The van der Waals surface area contributed by atoms with Gasteiger partial charge in [0.05, 0.1) is 7.11 Å². The predicted molar refractivity (Wildman–Crippen MR) is 70.3 cm³/mol. The molecule has 0 saturated carbocycles. The van der Waals surface area contributed by atoms with Gasteiger partial charge < -0.3 is 10.5 Å². The van der Waals surface area contributed by atoms with Crippen LogP contribution in [0.5, 0.6) is 5.88 Å². The zero-order chi connectivity index (χ0) is 13.1. The number of hydrogen-bond acceptors (Lipinski definition) is 5. The van der Waals surface area contributed by atoms with Crippen molar-refractivity contribution in [3.8, 4) is 17.4 Å². The van der Waals surface area contributed by atoms with E-state index in [9.17, 15) is 0 Å². The van der Waals surface area contributed by atoms with Crippen LogP contribution in [0.25, 0.3) is 11.5 Å². The number of rotatable bonds is 3. The van der Waals surface area contributed by atoms with Crippen LogP contribution in [0.2, 0.25) is 0 Å². The van der Waals surface area contributed by atoms with Crippen LogP contribution in [0.15, 0.2) is 18.2 Å². The molecule has 0 atom stereocenters. The van der Waals surface area contributed by atoms with Crippen molar-refractivity contribution in [3.05, 3.63) is 29.5 Å². The van der Waals surface area contributed by atoms with Gasteiger partial charge in [0, 0.05) is 17.3 Å². The van der Waals surface area contributed by atoms with Crippen molar-refractivity contribution < 1.29 is 4.74 Å². The minimum Gasteiger partial charge on any atom is -0.481 e. The third-order valence-corrected chi connectivity index (χ3v) is 2.78. The smallest absolute Gasteiger partial charge is 0.213 e. The van der Waals surface area contributed by atoms with Crippen molar-refractivity contribution in [3.63, 3.8) is 0 Å². The van der Waals surface area contributed by atoms with E-state index < -0.39 is 0 Å². The van der Waals surface area contributed by atoms with Crippen molar-refractivity contribution >= 4 is 5.82 Å². The van der Waals surface area contributed by atoms with Crippen LogP contribution in [0.3, 0.4) is 0 Å². The molecule has 0 saturated heterocycles. The lowest BCUT2D eigenvalue weighted by atomic mass is 10.2. The second-order valence-electron chi connectivity index (χ2n) is 3.92. The molecule has 0 amide bonds. The monoisotopic (exact) mass is 244 g/mol. The van der Waals surface area contributed by atoms with Crippen LogP contribution in [-0.2, 0) is 6.42 Å². The van der Waals surface area contributed by atoms with Crippen LogP contribution in [0, 0.1) is 6.92 Å². The molecule has 2 aromatic rings. The van der Waals surface area contributed by atoms with E-state index >= 15 is 0 Å². The molecule has 0 aliphatic heterocycles. The summed E-state index contributed by atoms with van der Waals surface area (Å²) >= 11 is 0. The molecule has 0 spiro atoms. The minimum absolute atomic E-state index is 0.501. The zero-order valence-corrected chi connectivity index (χ0v) is 10.8. The van der Waals surface area contributed by atoms with Crippen LogP contribution in [-0.4, -0.2) is 22.1 Å². The summed E-state index contributed by atoms with van der Waals surface area (Å²) in [5, 5.41) is 0. The Balaban J connectivity index is 2.53. The van der Waals surface area contributed by atoms with E-state index in [1.54, 1.807) is 13.2 Å². The van der Waals surface area contributed by atoms with E-state index in [1.807, 2.05) is 26.0 Å². The molecule has 0 fully saturated rings. The molecule has 0 aliphatic rings. The highest BCUT2D eigenvalue weighted by Gasteiger charge is 2.10. The summed E-state index contributed by atoms with van der Waals surface area (Å²) in [4.78, 5) is 13.1. The molecule has 5 heteroatoms. The van der Waals surface area contributed by atoms with E-state index in [0.29, 0.717) is 23.2 Å². The Bertz CT molecular complexity index is 569. The molecule has 2 N–H and O–H groups in total. The van der Waals surface area contributed by atoms with Gasteiger partial charge in [-0.05, 0) is 19.4 Å². The Morgan fingerprint density at radius 2 is 2.00 bits per heavy atom. The second kappa shape index (κ2) is 5.00. The van der Waals surface area contributed by atoms with E-state index in [4.69, 9.17) is 10.5 Å². The van der Waals surface area contributed by atoms with Gasteiger partial charge in [-0.1, -0.05) is 13.0 Å².